The molecule has 4 rings (SSSR count). The second-order valence-electron chi connectivity index (χ2n) is 9.16. The Hall–Kier alpha value is -3.39. The standard InChI is InChI=1S/C28H31FN2O4S/c1-4-28(5-2)18-25(24-8-6-7-9-26(24)35-28)30-27(32)19-31(22-14-12-21(29)13-15-22)36(33,34)23-16-10-20(3)11-17-23/h6-17,25H,4-5,18-19H2,1-3H3,(H,30,32). The molecule has 190 valence electrons. The maximum atomic E-state index is 13.6. The molecule has 0 bridgehead atoms. The van der Waals surface area contributed by atoms with E-state index in [0.717, 1.165) is 34.0 Å². The van der Waals surface area contributed by atoms with Crippen LogP contribution in [0.4, 0.5) is 10.1 Å². The predicted molar refractivity (Wildman–Crippen MR) is 138 cm³/mol. The van der Waals surface area contributed by atoms with Crippen LogP contribution >= 0.6 is 0 Å². The Balaban J connectivity index is 1.65. The van der Waals surface area contributed by atoms with E-state index < -0.39 is 33.9 Å². The van der Waals surface area contributed by atoms with Gasteiger partial charge in [0.05, 0.1) is 16.6 Å². The zero-order valence-electron chi connectivity index (χ0n) is 20.7. The third-order valence-electron chi connectivity index (χ3n) is 6.83. The minimum atomic E-state index is -4.09. The molecular weight excluding hydrogens is 479 g/mol. The lowest BCUT2D eigenvalue weighted by Gasteiger charge is -2.41. The first kappa shape index (κ1) is 25.7. The van der Waals surface area contributed by atoms with Crippen molar-refractivity contribution in [3.63, 3.8) is 0 Å². The fourth-order valence-electron chi connectivity index (χ4n) is 4.56. The van der Waals surface area contributed by atoms with E-state index in [2.05, 4.69) is 19.2 Å². The topological polar surface area (TPSA) is 75.7 Å². The van der Waals surface area contributed by atoms with Crippen molar-refractivity contribution in [3.05, 3.63) is 89.7 Å². The van der Waals surface area contributed by atoms with Gasteiger partial charge in [-0.2, -0.15) is 0 Å². The van der Waals surface area contributed by atoms with Gasteiger partial charge in [0.2, 0.25) is 5.91 Å². The monoisotopic (exact) mass is 510 g/mol. The van der Waals surface area contributed by atoms with Crippen LogP contribution in [0.2, 0.25) is 0 Å². The molecule has 8 heteroatoms. The molecule has 3 aromatic carbocycles. The van der Waals surface area contributed by atoms with Crippen LogP contribution in [-0.2, 0) is 14.8 Å². The van der Waals surface area contributed by atoms with Crippen LogP contribution in [-0.4, -0.2) is 26.5 Å². The lowest BCUT2D eigenvalue weighted by atomic mass is 9.83. The van der Waals surface area contributed by atoms with Gasteiger partial charge in [-0.3, -0.25) is 9.10 Å². The van der Waals surface area contributed by atoms with Crippen molar-refractivity contribution < 1.29 is 22.3 Å². The van der Waals surface area contributed by atoms with Gasteiger partial charge in [0.15, 0.2) is 0 Å². The normalized spacial score (nSPS) is 16.5. The molecule has 1 aliphatic heterocycles. The highest BCUT2D eigenvalue weighted by atomic mass is 32.2. The van der Waals surface area contributed by atoms with Crippen molar-refractivity contribution in [3.8, 4) is 5.75 Å². The average Bonchev–Trinajstić information content (AvgIpc) is 2.88. The van der Waals surface area contributed by atoms with E-state index in [4.69, 9.17) is 4.74 Å². The Bertz CT molecular complexity index is 1320. The van der Waals surface area contributed by atoms with E-state index in [1.54, 1.807) is 12.1 Å². The molecule has 1 atom stereocenters. The van der Waals surface area contributed by atoms with Gasteiger partial charge in [-0.15, -0.1) is 0 Å². The number of sulfonamides is 1. The van der Waals surface area contributed by atoms with E-state index >= 15 is 0 Å². The quantitative estimate of drug-likeness (QED) is 0.433. The van der Waals surface area contributed by atoms with Crippen molar-refractivity contribution in [1.82, 2.24) is 5.32 Å². The smallest absolute Gasteiger partial charge is 0.264 e. The molecule has 0 saturated carbocycles. The molecule has 0 spiro atoms. The van der Waals surface area contributed by atoms with Crippen LogP contribution in [0.15, 0.2) is 77.7 Å². The van der Waals surface area contributed by atoms with Gasteiger partial charge in [-0.25, -0.2) is 12.8 Å². The number of fused-ring (bicyclic) bond motifs is 1. The first-order valence-electron chi connectivity index (χ1n) is 12.1. The van der Waals surface area contributed by atoms with Gasteiger partial charge in [0, 0.05) is 12.0 Å². The van der Waals surface area contributed by atoms with Crippen molar-refractivity contribution >= 4 is 21.6 Å². The van der Waals surface area contributed by atoms with Gasteiger partial charge in [-0.05, 0) is 62.2 Å². The summed E-state index contributed by atoms with van der Waals surface area (Å²) in [6.45, 7) is 5.52. The third-order valence-corrected chi connectivity index (χ3v) is 8.62. The molecule has 0 fully saturated rings. The van der Waals surface area contributed by atoms with Gasteiger partial charge < -0.3 is 10.1 Å². The van der Waals surface area contributed by atoms with E-state index in [1.165, 1.54) is 36.4 Å². The molecule has 0 aliphatic carbocycles. The number of halogens is 1. The SMILES string of the molecule is CCC1(CC)CC(NC(=O)CN(c2ccc(F)cc2)S(=O)(=O)c2ccc(C)cc2)c2ccccc2O1. The predicted octanol–water partition coefficient (Wildman–Crippen LogP) is 5.53. The maximum Gasteiger partial charge on any atom is 0.264 e. The fraction of sp³-hybridized carbons (Fsp3) is 0.321. The zero-order chi connectivity index (χ0) is 25.9. The lowest BCUT2D eigenvalue weighted by Crippen LogP contribution is -2.47. The van der Waals surface area contributed by atoms with E-state index in [-0.39, 0.29) is 16.6 Å². The largest absolute Gasteiger partial charge is 0.487 e. The van der Waals surface area contributed by atoms with Crippen molar-refractivity contribution in [2.45, 2.75) is 56.6 Å². The van der Waals surface area contributed by atoms with Crippen LogP contribution in [0.1, 0.15) is 50.3 Å². The van der Waals surface area contributed by atoms with Crippen LogP contribution in [0.5, 0.6) is 5.75 Å². The molecule has 1 unspecified atom stereocenters. The first-order chi connectivity index (χ1) is 17.2. The minimum Gasteiger partial charge on any atom is -0.487 e. The Kier molecular flexibility index (Phi) is 7.36. The summed E-state index contributed by atoms with van der Waals surface area (Å²) in [4.78, 5) is 13.4. The van der Waals surface area contributed by atoms with Gasteiger partial charge in [0.25, 0.3) is 10.0 Å². The van der Waals surface area contributed by atoms with E-state index in [1.807, 2.05) is 31.2 Å². The van der Waals surface area contributed by atoms with Crippen molar-refractivity contribution in [2.24, 2.45) is 0 Å². The average molecular weight is 511 g/mol. The number of para-hydroxylation sites is 1. The number of amides is 1. The third kappa shape index (κ3) is 5.23. The summed E-state index contributed by atoms with van der Waals surface area (Å²) in [5, 5.41) is 3.04. The molecule has 6 nitrogen and oxygen atoms in total. The molecule has 0 radical (unpaired) electrons. The number of nitrogens with one attached hydrogen (secondary N) is 1. The number of carbonyl (C=O) groups excluding carboxylic acids is 1. The number of nitrogens with zero attached hydrogens (tertiary/aromatic N) is 1. The molecule has 0 aromatic heterocycles. The Morgan fingerprint density at radius 2 is 1.67 bits per heavy atom. The minimum absolute atomic E-state index is 0.0534. The van der Waals surface area contributed by atoms with E-state index in [9.17, 15) is 17.6 Å². The van der Waals surface area contributed by atoms with Crippen molar-refractivity contribution in [1.29, 1.82) is 0 Å². The number of rotatable bonds is 8. The highest BCUT2D eigenvalue weighted by Gasteiger charge is 2.39. The lowest BCUT2D eigenvalue weighted by molar-refractivity contribution is -0.121. The highest BCUT2D eigenvalue weighted by Crippen LogP contribution is 2.42. The number of aryl methyl sites for hydroxylation is 1. The molecule has 1 N–H and O–H groups in total. The number of hydrogen-bond donors (Lipinski definition) is 1. The highest BCUT2D eigenvalue weighted by molar-refractivity contribution is 7.92. The van der Waals surface area contributed by atoms with Crippen LogP contribution < -0.4 is 14.4 Å². The molecule has 0 saturated heterocycles. The molecule has 1 aliphatic rings. The summed E-state index contributed by atoms with van der Waals surface area (Å²) >= 11 is 0. The number of ether oxygens (including phenoxy) is 1. The second kappa shape index (κ2) is 10.3. The number of carbonyl (C=O) groups is 1. The Morgan fingerprint density at radius 3 is 2.31 bits per heavy atom. The van der Waals surface area contributed by atoms with Crippen LogP contribution in [0, 0.1) is 12.7 Å². The van der Waals surface area contributed by atoms with Crippen LogP contribution in [0.25, 0.3) is 0 Å². The Labute approximate surface area is 212 Å². The van der Waals surface area contributed by atoms with Gasteiger partial charge in [-0.1, -0.05) is 49.7 Å². The van der Waals surface area contributed by atoms with Gasteiger partial charge >= 0.3 is 0 Å². The maximum absolute atomic E-state index is 13.6. The van der Waals surface area contributed by atoms with Gasteiger partial charge in [0.1, 0.15) is 23.7 Å². The molecular formula is C28H31FN2O4S. The fourth-order valence-corrected chi connectivity index (χ4v) is 5.98. The van der Waals surface area contributed by atoms with E-state index in [0.29, 0.717) is 6.42 Å². The summed E-state index contributed by atoms with van der Waals surface area (Å²) < 4.78 is 48.1. The summed E-state index contributed by atoms with van der Waals surface area (Å²) in [6.07, 6.45) is 2.12. The first-order valence-corrected chi connectivity index (χ1v) is 13.5. The molecule has 1 heterocycles. The number of hydrogen-bond acceptors (Lipinski definition) is 4. The van der Waals surface area contributed by atoms with Crippen molar-refractivity contribution in [2.75, 3.05) is 10.8 Å². The zero-order valence-corrected chi connectivity index (χ0v) is 21.5. The molecule has 36 heavy (non-hydrogen) atoms. The molecule has 1 amide bonds. The Morgan fingerprint density at radius 1 is 1.03 bits per heavy atom. The summed E-state index contributed by atoms with van der Waals surface area (Å²) in [7, 11) is -4.09. The molecule has 3 aromatic rings. The number of benzene rings is 3. The summed E-state index contributed by atoms with van der Waals surface area (Å²) in [5.74, 6) is -0.233. The summed E-state index contributed by atoms with van der Waals surface area (Å²) in [6, 6.07) is 18.7. The second-order valence-corrected chi connectivity index (χ2v) is 11.0. The number of anilines is 1. The van der Waals surface area contributed by atoms with Crippen LogP contribution in [0.3, 0.4) is 0 Å². The summed E-state index contributed by atoms with van der Waals surface area (Å²) in [5.41, 5.74) is 1.55.